The largest absolute Gasteiger partial charge is 0.330 e. The van der Waals surface area contributed by atoms with E-state index in [-0.39, 0.29) is 11.2 Å². The van der Waals surface area contributed by atoms with Crippen LogP contribution in [0.5, 0.6) is 0 Å². The molecule has 0 atom stereocenters. The van der Waals surface area contributed by atoms with Crippen LogP contribution in [0.15, 0.2) is 36.4 Å². The van der Waals surface area contributed by atoms with E-state index >= 15 is 0 Å². The maximum absolute atomic E-state index is 13.1. The first kappa shape index (κ1) is 10.7. The first-order chi connectivity index (χ1) is 8.23. The fourth-order valence-electron chi connectivity index (χ4n) is 2.76. The van der Waals surface area contributed by atoms with Gasteiger partial charge in [-0.1, -0.05) is 30.7 Å². The minimum absolute atomic E-state index is 0.178. The average Bonchev–Trinajstić information content (AvgIpc) is 2.28. The van der Waals surface area contributed by atoms with E-state index in [1.807, 2.05) is 12.1 Å². The second-order valence-corrected chi connectivity index (χ2v) is 5.04. The maximum atomic E-state index is 13.1. The molecular formula is C15H16FN. The molecule has 0 bridgehead atoms. The number of benzene rings is 2. The van der Waals surface area contributed by atoms with E-state index in [2.05, 4.69) is 12.1 Å². The highest BCUT2D eigenvalue weighted by atomic mass is 19.1. The summed E-state index contributed by atoms with van der Waals surface area (Å²) in [6.07, 6.45) is 3.62. The number of nitrogens with two attached hydrogens (primary N) is 1. The predicted molar refractivity (Wildman–Crippen MR) is 68.5 cm³/mol. The number of hydrogen-bond donors (Lipinski definition) is 1. The molecule has 0 aliphatic heterocycles. The van der Waals surface area contributed by atoms with Crippen molar-refractivity contribution in [3.63, 3.8) is 0 Å². The molecule has 0 unspecified atom stereocenters. The molecule has 0 radical (unpaired) electrons. The van der Waals surface area contributed by atoms with Crippen molar-refractivity contribution < 1.29 is 4.39 Å². The lowest BCUT2D eigenvalue weighted by molar-refractivity contribution is 0.253. The summed E-state index contributed by atoms with van der Waals surface area (Å²) in [5.41, 5.74) is 7.40. The van der Waals surface area contributed by atoms with Gasteiger partial charge in [-0.05, 0) is 41.3 Å². The Morgan fingerprint density at radius 1 is 1.06 bits per heavy atom. The van der Waals surface area contributed by atoms with Gasteiger partial charge in [0.05, 0.1) is 0 Å². The van der Waals surface area contributed by atoms with E-state index in [1.54, 1.807) is 6.07 Å². The lowest BCUT2D eigenvalue weighted by Gasteiger charge is -2.41. The van der Waals surface area contributed by atoms with E-state index in [9.17, 15) is 4.39 Å². The summed E-state index contributed by atoms with van der Waals surface area (Å²) in [4.78, 5) is 0. The van der Waals surface area contributed by atoms with Gasteiger partial charge in [-0.25, -0.2) is 4.39 Å². The van der Waals surface area contributed by atoms with Crippen LogP contribution in [0, 0.1) is 5.82 Å². The van der Waals surface area contributed by atoms with Crippen molar-refractivity contribution in [1.29, 1.82) is 0 Å². The third-order valence-corrected chi connectivity index (χ3v) is 4.12. The first-order valence-electron chi connectivity index (χ1n) is 6.13. The second-order valence-electron chi connectivity index (χ2n) is 5.04. The van der Waals surface area contributed by atoms with E-state index in [1.165, 1.54) is 30.9 Å². The molecule has 2 aromatic rings. The summed E-state index contributed by atoms with van der Waals surface area (Å²) in [7, 11) is 0. The fourth-order valence-corrected chi connectivity index (χ4v) is 2.76. The van der Waals surface area contributed by atoms with Gasteiger partial charge in [0.15, 0.2) is 0 Å². The van der Waals surface area contributed by atoms with Gasteiger partial charge in [0, 0.05) is 12.0 Å². The highest BCUT2D eigenvalue weighted by Gasteiger charge is 2.37. The molecule has 3 rings (SSSR count). The Morgan fingerprint density at radius 2 is 1.76 bits per heavy atom. The minimum Gasteiger partial charge on any atom is -0.330 e. The Balaban J connectivity index is 2.10. The molecule has 2 aromatic carbocycles. The second kappa shape index (κ2) is 3.81. The number of halogens is 1. The summed E-state index contributed by atoms with van der Waals surface area (Å²) in [5, 5.41) is 2.06. The maximum Gasteiger partial charge on any atom is 0.123 e. The summed E-state index contributed by atoms with van der Waals surface area (Å²) in [6, 6.07) is 11.2. The van der Waals surface area contributed by atoms with Gasteiger partial charge in [-0.3, -0.25) is 0 Å². The van der Waals surface area contributed by atoms with Crippen molar-refractivity contribution in [3.8, 4) is 0 Å². The Hall–Kier alpha value is -1.41. The highest BCUT2D eigenvalue weighted by molar-refractivity contribution is 5.83. The molecule has 0 amide bonds. The molecule has 0 saturated heterocycles. The third kappa shape index (κ3) is 1.64. The van der Waals surface area contributed by atoms with Gasteiger partial charge < -0.3 is 5.73 Å². The minimum atomic E-state index is -0.178. The van der Waals surface area contributed by atoms with Crippen LogP contribution >= 0.6 is 0 Å². The monoisotopic (exact) mass is 229 g/mol. The van der Waals surface area contributed by atoms with Crippen molar-refractivity contribution in [3.05, 3.63) is 47.8 Å². The van der Waals surface area contributed by atoms with Gasteiger partial charge in [0.25, 0.3) is 0 Å². The highest BCUT2D eigenvalue weighted by Crippen LogP contribution is 2.43. The Kier molecular flexibility index (Phi) is 2.40. The lowest BCUT2D eigenvalue weighted by Crippen LogP contribution is -2.41. The lowest BCUT2D eigenvalue weighted by atomic mass is 9.64. The molecule has 1 fully saturated rings. The molecule has 17 heavy (non-hydrogen) atoms. The average molecular weight is 229 g/mol. The van der Waals surface area contributed by atoms with Gasteiger partial charge in [0.2, 0.25) is 0 Å². The standard InChI is InChI=1S/C15H16FN/c16-14-5-3-11-8-13(4-2-12(11)9-14)15(10-17)6-1-7-15/h2-5,8-9H,1,6-7,10,17H2. The van der Waals surface area contributed by atoms with Gasteiger partial charge in [-0.2, -0.15) is 0 Å². The van der Waals surface area contributed by atoms with Crippen molar-refractivity contribution in [2.24, 2.45) is 5.73 Å². The van der Waals surface area contributed by atoms with Crippen LogP contribution in [0.25, 0.3) is 10.8 Å². The molecule has 1 nitrogen and oxygen atoms in total. The number of fused-ring (bicyclic) bond motifs is 1. The smallest absolute Gasteiger partial charge is 0.123 e. The molecule has 0 heterocycles. The molecule has 1 saturated carbocycles. The van der Waals surface area contributed by atoms with E-state index < -0.39 is 0 Å². The third-order valence-electron chi connectivity index (χ3n) is 4.12. The van der Waals surface area contributed by atoms with Crippen molar-refractivity contribution >= 4 is 10.8 Å². The van der Waals surface area contributed by atoms with Crippen molar-refractivity contribution in [2.45, 2.75) is 24.7 Å². The SMILES string of the molecule is NCC1(c2ccc3cc(F)ccc3c2)CCC1. The van der Waals surface area contributed by atoms with Crippen LogP contribution in [0.4, 0.5) is 4.39 Å². The number of rotatable bonds is 2. The molecular weight excluding hydrogens is 213 g/mol. The Morgan fingerprint density at radius 3 is 2.41 bits per heavy atom. The summed E-state index contributed by atoms with van der Waals surface area (Å²) < 4.78 is 13.1. The molecule has 2 N–H and O–H groups in total. The number of hydrogen-bond acceptors (Lipinski definition) is 1. The van der Waals surface area contributed by atoms with Crippen LogP contribution in [0.2, 0.25) is 0 Å². The van der Waals surface area contributed by atoms with Gasteiger partial charge >= 0.3 is 0 Å². The van der Waals surface area contributed by atoms with Crippen molar-refractivity contribution in [1.82, 2.24) is 0 Å². The van der Waals surface area contributed by atoms with E-state index in [0.29, 0.717) is 6.54 Å². The van der Waals surface area contributed by atoms with E-state index in [0.717, 1.165) is 10.8 Å². The van der Waals surface area contributed by atoms with Gasteiger partial charge in [-0.15, -0.1) is 0 Å². The van der Waals surface area contributed by atoms with Crippen LogP contribution in [-0.2, 0) is 5.41 Å². The van der Waals surface area contributed by atoms with Crippen LogP contribution in [0.3, 0.4) is 0 Å². The molecule has 0 spiro atoms. The van der Waals surface area contributed by atoms with Crippen LogP contribution in [-0.4, -0.2) is 6.54 Å². The topological polar surface area (TPSA) is 26.0 Å². The molecule has 2 heteroatoms. The molecule has 1 aliphatic rings. The zero-order valence-electron chi connectivity index (χ0n) is 9.75. The fraction of sp³-hybridized carbons (Fsp3) is 0.333. The zero-order valence-corrected chi connectivity index (χ0v) is 9.75. The Bertz CT molecular complexity index is 552. The van der Waals surface area contributed by atoms with Crippen molar-refractivity contribution in [2.75, 3.05) is 6.54 Å². The summed E-state index contributed by atoms with van der Waals surface area (Å²) in [5.74, 6) is -0.178. The molecule has 0 aromatic heterocycles. The Labute approximate surface area is 100 Å². The summed E-state index contributed by atoms with van der Waals surface area (Å²) in [6.45, 7) is 0.708. The van der Waals surface area contributed by atoms with Crippen LogP contribution in [0.1, 0.15) is 24.8 Å². The van der Waals surface area contributed by atoms with Crippen LogP contribution < -0.4 is 5.73 Å². The summed E-state index contributed by atoms with van der Waals surface area (Å²) >= 11 is 0. The van der Waals surface area contributed by atoms with E-state index in [4.69, 9.17) is 5.73 Å². The zero-order chi connectivity index (χ0) is 11.9. The first-order valence-corrected chi connectivity index (χ1v) is 6.13. The molecule has 1 aliphatic carbocycles. The molecule has 88 valence electrons. The van der Waals surface area contributed by atoms with Gasteiger partial charge in [0.1, 0.15) is 5.82 Å². The normalized spacial score (nSPS) is 18.0. The predicted octanol–water partition coefficient (Wildman–Crippen LogP) is 3.36. The quantitative estimate of drug-likeness (QED) is 0.839.